The molecule has 6 heteroatoms. The molecule has 0 aliphatic carbocycles. The van der Waals surface area contributed by atoms with Crippen LogP contribution in [0.2, 0.25) is 10.0 Å². The van der Waals surface area contributed by atoms with E-state index in [1.165, 1.54) is 11.8 Å². The van der Waals surface area contributed by atoms with Crippen LogP contribution in [0.4, 0.5) is 0 Å². The Balaban J connectivity index is 2.38. The molecule has 0 spiro atoms. The Kier molecular flexibility index (Phi) is 4.50. The zero-order valence-electron chi connectivity index (χ0n) is 11.2. The number of rotatable bonds is 1. The molecule has 0 saturated carbocycles. The summed E-state index contributed by atoms with van der Waals surface area (Å²) < 4.78 is 0.568. The molecule has 1 amide bonds. The van der Waals surface area contributed by atoms with Crippen molar-refractivity contribution in [1.82, 2.24) is 4.90 Å². The molecule has 1 heterocycles. The van der Waals surface area contributed by atoms with Crippen molar-refractivity contribution in [3.63, 3.8) is 0 Å². The van der Waals surface area contributed by atoms with Crippen LogP contribution in [-0.2, 0) is 4.79 Å². The number of thiocarbonyl (C=S) groups is 1. The Hall–Kier alpha value is -0.550. The average molecular weight is 346 g/mol. The number of thioether (sulfide) groups is 1. The minimum absolute atomic E-state index is 0.0847. The average Bonchev–Trinajstić information content (AvgIpc) is 2.57. The second kappa shape index (κ2) is 5.68. The van der Waals surface area contributed by atoms with Crippen LogP contribution in [0, 0.1) is 0 Å². The summed E-state index contributed by atoms with van der Waals surface area (Å²) in [7, 11) is 0. The molecule has 1 aromatic carbocycles. The minimum Gasteiger partial charge on any atom is -0.288 e. The van der Waals surface area contributed by atoms with Crippen molar-refractivity contribution >= 4 is 63.5 Å². The molecule has 20 heavy (non-hydrogen) atoms. The third-order valence-electron chi connectivity index (χ3n) is 2.71. The Bertz CT molecular complexity index is 620. The van der Waals surface area contributed by atoms with Crippen LogP contribution in [0.25, 0.3) is 6.08 Å². The van der Waals surface area contributed by atoms with Gasteiger partial charge in [-0.3, -0.25) is 9.69 Å². The summed E-state index contributed by atoms with van der Waals surface area (Å²) in [6.45, 7) is 5.86. The quantitative estimate of drug-likeness (QED) is 0.528. The van der Waals surface area contributed by atoms with Crippen LogP contribution in [0.1, 0.15) is 26.3 Å². The van der Waals surface area contributed by atoms with Crippen molar-refractivity contribution < 1.29 is 4.79 Å². The lowest BCUT2D eigenvalue weighted by Gasteiger charge is -2.30. The maximum absolute atomic E-state index is 12.4. The number of halogens is 2. The lowest BCUT2D eigenvalue weighted by Crippen LogP contribution is -2.44. The molecule has 1 aliphatic rings. The predicted octanol–water partition coefficient (Wildman–Crippen LogP) is 4.99. The van der Waals surface area contributed by atoms with Gasteiger partial charge in [-0.05, 0) is 44.5 Å². The van der Waals surface area contributed by atoms with Gasteiger partial charge in [-0.15, -0.1) is 0 Å². The van der Waals surface area contributed by atoms with Crippen molar-refractivity contribution in [1.29, 1.82) is 0 Å². The van der Waals surface area contributed by atoms with E-state index in [1.54, 1.807) is 29.2 Å². The molecule has 0 bridgehead atoms. The standard InChI is InChI=1S/C14H13Cl2NOS2/c1-14(2,3)17-12(18)11(20-13(17)19)6-8-4-5-9(15)7-10(8)16/h4-7H,1-3H3/b11-6+. The summed E-state index contributed by atoms with van der Waals surface area (Å²) in [5.41, 5.74) is 0.422. The summed E-state index contributed by atoms with van der Waals surface area (Å²) in [5.74, 6) is -0.0847. The number of amides is 1. The second-order valence-electron chi connectivity index (χ2n) is 5.35. The molecule has 1 aliphatic heterocycles. The Morgan fingerprint density at radius 1 is 1.30 bits per heavy atom. The topological polar surface area (TPSA) is 20.3 Å². The normalized spacial score (nSPS) is 18.2. The van der Waals surface area contributed by atoms with Gasteiger partial charge in [0, 0.05) is 15.6 Å². The predicted molar refractivity (Wildman–Crippen MR) is 91.2 cm³/mol. The summed E-state index contributed by atoms with van der Waals surface area (Å²) in [6, 6.07) is 5.18. The van der Waals surface area contributed by atoms with Crippen molar-refractivity contribution in [3.05, 3.63) is 38.7 Å². The molecule has 106 valence electrons. The molecule has 0 unspecified atom stereocenters. The van der Waals surface area contributed by atoms with Crippen LogP contribution in [0.15, 0.2) is 23.1 Å². The van der Waals surface area contributed by atoms with Crippen LogP contribution in [0.3, 0.4) is 0 Å². The summed E-state index contributed by atoms with van der Waals surface area (Å²) in [6.07, 6.45) is 1.75. The van der Waals surface area contributed by atoms with Crippen LogP contribution < -0.4 is 0 Å². The smallest absolute Gasteiger partial charge is 0.266 e. The largest absolute Gasteiger partial charge is 0.288 e. The fraction of sp³-hybridized carbons (Fsp3) is 0.286. The second-order valence-corrected chi connectivity index (χ2v) is 7.87. The van der Waals surface area contributed by atoms with Gasteiger partial charge in [-0.2, -0.15) is 0 Å². The monoisotopic (exact) mass is 345 g/mol. The Morgan fingerprint density at radius 3 is 2.45 bits per heavy atom. The van der Waals surface area contributed by atoms with Gasteiger partial charge in [-0.1, -0.05) is 53.2 Å². The third kappa shape index (κ3) is 3.19. The third-order valence-corrected chi connectivity index (χ3v) is 4.58. The van der Waals surface area contributed by atoms with E-state index >= 15 is 0 Å². The van der Waals surface area contributed by atoms with E-state index in [-0.39, 0.29) is 11.4 Å². The van der Waals surface area contributed by atoms with Gasteiger partial charge in [0.05, 0.1) is 4.91 Å². The zero-order chi connectivity index (χ0) is 15.1. The lowest BCUT2D eigenvalue weighted by atomic mass is 10.1. The maximum Gasteiger partial charge on any atom is 0.266 e. The van der Waals surface area contributed by atoms with Gasteiger partial charge in [-0.25, -0.2) is 0 Å². The maximum atomic E-state index is 12.4. The summed E-state index contributed by atoms with van der Waals surface area (Å²) in [5, 5.41) is 1.08. The highest BCUT2D eigenvalue weighted by molar-refractivity contribution is 8.26. The summed E-state index contributed by atoms with van der Waals surface area (Å²) in [4.78, 5) is 14.6. The first kappa shape index (κ1) is 15.8. The molecule has 1 aromatic rings. The van der Waals surface area contributed by atoms with Gasteiger partial charge in [0.1, 0.15) is 4.32 Å². The van der Waals surface area contributed by atoms with Crippen LogP contribution in [0.5, 0.6) is 0 Å². The molecule has 1 saturated heterocycles. The minimum atomic E-state index is -0.333. The van der Waals surface area contributed by atoms with Crippen molar-refractivity contribution in [2.45, 2.75) is 26.3 Å². The molecule has 2 rings (SSSR count). The van der Waals surface area contributed by atoms with Crippen LogP contribution >= 0.6 is 47.2 Å². The molecular weight excluding hydrogens is 333 g/mol. The Morgan fingerprint density at radius 2 is 1.95 bits per heavy atom. The molecule has 0 radical (unpaired) electrons. The first-order valence-corrected chi connectivity index (χ1v) is 7.91. The van der Waals surface area contributed by atoms with Gasteiger partial charge in [0.15, 0.2) is 0 Å². The van der Waals surface area contributed by atoms with Crippen molar-refractivity contribution in [2.24, 2.45) is 0 Å². The highest BCUT2D eigenvalue weighted by Crippen LogP contribution is 2.37. The fourth-order valence-electron chi connectivity index (χ4n) is 1.81. The SMILES string of the molecule is CC(C)(C)N1C(=O)/C(=C\c2ccc(Cl)cc2Cl)SC1=S. The van der Waals surface area contributed by atoms with Gasteiger partial charge in [0.2, 0.25) is 0 Å². The van der Waals surface area contributed by atoms with E-state index < -0.39 is 0 Å². The first-order chi connectivity index (χ1) is 9.20. The van der Waals surface area contributed by atoms with E-state index in [1.807, 2.05) is 20.8 Å². The number of hydrogen-bond donors (Lipinski definition) is 0. The van der Waals surface area contributed by atoms with Gasteiger partial charge in [0.25, 0.3) is 5.91 Å². The first-order valence-electron chi connectivity index (χ1n) is 5.93. The van der Waals surface area contributed by atoms with E-state index in [4.69, 9.17) is 35.4 Å². The molecule has 0 N–H and O–H groups in total. The molecule has 1 fully saturated rings. The number of nitrogens with zero attached hydrogens (tertiary/aromatic N) is 1. The number of carbonyl (C=O) groups is 1. The highest BCUT2D eigenvalue weighted by atomic mass is 35.5. The number of carbonyl (C=O) groups excluding carboxylic acids is 1. The zero-order valence-corrected chi connectivity index (χ0v) is 14.4. The van der Waals surface area contributed by atoms with Gasteiger partial charge < -0.3 is 0 Å². The van der Waals surface area contributed by atoms with Crippen molar-refractivity contribution in [3.8, 4) is 0 Å². The van der Waals surface area contributed by atoms with E-state index in [0.29, 0.717) is 19.3 Å². The number of benzene rings is 1. The van der Waals surface area contributed by atoms with Crippen LogP contribution in [-0.4, -0.2) is 20.7 Å². The summed E-state index contributed by atoms with van der Waals surface area (Å²) >= 11 is 18.6. The Labute approximate surface area is 138 Å². The molecule has 2 nitrogen and oxygen atoms in total. The lowest BCUT2D eigenvalue weighted by molar-refractivity contribution is -0.125. The van der Waals surface area contributed by atoms with E-state index in [2.05, 4.69) is 0 Å². The van der Waals surface area contributed by atoms with E-state index in [9.17, 15) is 4.79 Å². The molecule has 0 aromatic heterocycles. The molecule has 0 atom stereocenters. The van der Waals surface area contributed by atoms with Crippen molar-refractivity contribution in [2.75, 3.05) is 0 Å². The van der Waals surface area contributed by atoms with E-state index in [0.717, 1.165) is 5.56 Å². The fourth-order valence-corrected chi connectivity index (χ4v) is 3.90. The number of hydrogen-bond acceptors (Lipinski definition) is 3. The highest BCUT2D eigenvalue weighted by Gasteiger charge is 2.39. The molecular formula is C14H13Cl2NOS2. The van der Waals surface area contributed by atoms with Gasteiger partial charge >= 0.3 is 0 Å².